The van der Waals surface area contributed by atoms with Crippen LogP contribution in [0.4, 0.5) is 0 Å². The fourth-order valence-corrected chi connectivity index (χ4v) is 6.02. The highest BCUT2D eigenvalue weighted by Crippen LogP contribution is 2.55. The van der Waals surface area contributed by atoms with Crippen LogP contribution in [0, 0.1) is 11.8 Å². The molecule has 1 aromatic rings. The molecule has 4 saturated heterocycles. The zero-order valence-corrected chi connectivity index (χ0v) is 20.4. The van der Waals surface area contributed by atoms with Crippen molar-refractivity contribution in [3.8, 4) is 11.5 Å². The summed E-state index contributed by atoms with van der Waals surface area (Å²) < 4.78 is 33.5. The van der Waals surface area contributed by atoms with E-state index in [1.807, 2.05) is 0 Å². The molecule has 1 aromatic carbocycles. The van der Waals surface area contributed by atoms with Crippen LogP contribution < -0.4 is 4.74 Å². The van der Waals surface area contributed by atoms with Crippen LogP contribution in [0.2, 0.25) is 0 Å². The summed E-state index contributed by atoms with van der Waals surface area (Å²) in [6, 6.07) is 3.95. The molecule has 1 saturated carbocycles. The third-order valence-corrected chi connectivity index (χ3v) is 8.17. The molecule has 4 aliphatic heterocycles. The Bertz CT molecular complexity index is 1010. The Morgan fingerprint density at radius 3 is 2.62 bits per heavy atom. The molecule has 4 heterocycles. The standard InChI is InChI=1S/C23H29ClO13/c1-32-11-4-8(2-3-10(11)26)20(30)36-18-9-5-13-33-7-23(31,19(18)24)14(9)21(35-13)37-22-17(29)16(28)15(27)12(6-25)34-22/h2-4,9,12-19,21-22,25-29,31H,5-7H2,1H3/t9-,12-,13-,14-,15+,16+,17-,18+,19-,21+,22+,23-/m1/s1. The molecule has 0 amide bonds. The van der Waals surface area contributed by atoms with Gasteiger partial charge >= 0.3 is 5.97 Å². The molecule has 13 nitrogen and oxygen atoms in total. The number of esters is 1. The van der Waals surface area contributed by atoms with Crippen molar-refractivity contribution in [1.29, 1.82) is 0 Å². The molecular formula is C23H29ClO13. The van der Waals surface area contributed by atoms with Crippen LogP contribution in [0.5, 0.6) is 11.5 Å². The van der Waals surface area contributed by atoms with E-state index in [2.05, 4.69) is 0 Å². The van der Waals surface area contributed by atoms with Crippen LogP contribution in [0.25, 0.3) is 0 Å². The van der Waals surface area contributed by atoms with Gasteiger partial charge in [0, 0.05) is 18.3 Å². The van der Waals surface area contributed by atoms with Crippen molar-refractivity contribution in [2.45, 2.75) is 66.8 Å². The molecule has 206 valence electrons. The predicted octanol–water partition coefficient (Wildman–Crippen LogP) is -1.57. The Balaban J connectivity index is 1.38. The van der Waals surface area contributed by atoms with Gasteiger partial charge in [-0.15, -0.1) is 11.6 Å². The number of hydrogen-bond donors (Lipinski definition) is 6. The Kier molecular flexibility index (Phi) is 7.30. The lowest BCUT2D eigenvalue weighted by molar-refractivity contribution is -0.370. The van der Waals surface area contributed by atoms with Gasteiger partial charge < -0.3 is 59.1 Å². The van der Waals surface area contributed by atoms with Gasteiger partial charge in [0.1, 0.15) is 41.5 Å². The number of halogens is 1. The summed E-state index contributed by atoms with van der Waals surface area (Å²) in [5, 5.41) is 60.3. The lowest BCUT2D eigenvalue weighted by Crippen LogP contribution is -2.61. The van der Waals surface area contributed by atoms with E-state index in [0.717, 1.165) is 0 Å². The molecule has 0 radical (unpaired) electrons. The van der Waals surface area contributed by atoms with Gasteiger partial charge in [0.2, 0.25) is 0 Å². The van der Waals surface area contributed by atoms with Crippen molar-refractivity contribution < 1.29 is 63.9 Å². The van der Waals surface area contributed by atoms with E-state index in [-0.39, 0.29) is 30.1 Å². The molecule has 5 aliphatic rings. The molecule has 1 aliphatic carbocycles. The molecule has 0 spiro atoms. The second-order valence-electron chi connectivity index (χ2n) is 9.65. The summed E-state index contributed by atoms with van der Waals surface area (Å²) in [5.41, 5.74) is -1.68. The topological polar surface area (TPSA) is 194 Å². The van der Waals surface area contributed by atoms with Crippen molar-refractivity contribution in [2.24, 2.45) is 11.8 Å². The number of aromatic hydroxyl groups is 1. The van der Waals surface area contributed by atoms with Gasteiger partial charge in [-0.05, 0) is 18.2 Å². The molecular weight excluding hydrogens is 520 g/mol. The number of ether oxygens (including phenoxy) is 6. The molecule has 5 fully saturated rings. The molecule has 4 bridgehead atoms. The largest absolute Gasteiger partial charge is 0.504 e. The number of benzene rings is 1. The first kappa shape index (κ1) is 26.8. The first-order valence-electron chi connectivity index (χ1n) is 11.8. The van der Waals surface area contributed by atoms with Crippen LogP contribution in [0.1, 0.15) is 16.8 Å². The van der Waals surface area contributed by atoms with Crippen LogP contribution in [0.3, 0.4) is 0 Å². The minimum atomic E-state index is -1.77. The number of hydrogen-bond acceptors (Lipinski definition) is 13. The van der Waals surface area contributed by atoms with Crippen molar-refractivity contribution in [2.75, 3.05) is 20.3 Å². The van der Waals surface area contributed by atoms with Gasteiger partial charge in [-0.3, -0.25) is 0 Å². The molecule has 12 atom stereocenters. The number of phenolic OH excluding ortho intramolecular Hbond substituents is 1. The first-order valence-corrected chi connectivity index (χ1v) is 12.2. The number of carbonyl (C=O) groups is 1. The number of alkyl halides is 1. The van der Waals surface area contributed by atoms with E-state index in [9.17, 15) is 35.4 Å². The van der Waals surface area contributed by atoms with Gasteiger partial charge in [-0.2, -0.15) is 0 Å². The maximum absolute atomic E-state index is 13.0. The molecule has 6 rings (SSSR count). The highest BCUT2D eigenvalue weighted by molar-refractivity contribution is 6.22. The summed E-state index contributed by atoms with van der Waals surface area (Å²) >= 11 is 6.66. The Morgan fingerprint density at radius 2 is 1.92 bits per heavy atom. The van der Waals surface area contributed by atoms with Crippen LogP contribution in [0.15, 0.2) is 18.2 Å². The summed E-state index contributed by atoms with van der Waals surface area (Å²) in [6.45, 7) is -0.898. The van der Waals surface area contributed by atoms with Gasteiger partial charge in [0.25, 0.3) is 0 Å². The van der Waals surface area contributed by atoms with E-state index >= 15 is 0 Å². The van der Waals surface area contributed by atoms with Crippen molar-refractivity contribution >= 4 is 17.6 Å². The highest BCUT2D eigenvalue weighted by atomic mass is 35.5. The predicted molar refractivity (Wildman–Crippen MR) is 120 cm³/mol. The van der Waals surface area contributed by atoms with Crippen LogP contribution in [-0.4, -0.2) is 117 Å². The van der Waals surface area contributed by atoms with Gasteiger partial charge in [0.05, 0.1) is 25.9 Å². The van der Waals surface area contributed by atoms with E-state index < -0.39 is 84.8 Å². The second-order valence-corrected chi connectivity index (χ2v) is 10.1. The van der Waals surface area contributed by atoms with Gasteiger partial charge in [0.15, 0.2) is 30.4 Å². The third kappa shape index (κ3) is 4.46. The Labute approximate surface area is 216 Å². The van der Waals surface area contributed by atoms with Crippen molar-refractivity contribution in [3.05, 3.63) is 23.8 Å². The monoisotopic (exact) mass is 548 g/mol. The highest BCUT2D eigenvalue weighted by Gasteiger charge is 2.68. The number of phenols is 1. The smallest absolute Gasteiger partial charge is 0.338 e. The minimum absolute atomic E-state index is 0.0753. The Hall–Kier alpha value is -1.78. The zero-order valence-electron chi connectivity index (χ0n) is 19.6. The van der Waals surface area contributed by atoms with Crippen LogP contribution >= 0.6 is 11.6 Å². The quantitative estimate of drug-likeness (QED) is 0.176. The van der Waals surface area contributed by atoms with Crippen molar-refractivity contribution in [3.63, 3.8) is 0 Å². The fraction of sp³-hybridized carbons (Fsp3) is 0.696. The molecule has 14 heteroatoms. The van der Waals surface area contributed by atoms with Crippen molar-refractivity contribution in [1.82, 2.24) is 0 Å². The maximum Gasteiger partial charge on any atom is 0.338 e. The molecule has 37 heavy (non-hydrogen) atoms. The molecule has 6 N–H and O–H groups in total. The third-order valence-electron chi connectivity index (χ3n) is 7.55. The zero-order chi connectivity index (χ0) is 26.6. The number of rotatable bonds is 6. The normalized spacial score (nSPS) is 44.9. The van der Waals surface area contributed by atoms with Gasteiger partial charge in [-0.1, -0.05) is 0 Å². The molecule has 0 aromatic heterocycles. The van der Waals surface area contributed by atoms with Gasteiger partial charge in [-0.25, -0.2) is 4.79 Å². The number of carbonyl (C=O) groups excluding carboxylic acids is 1. The lowest BCUT2D eigenvalue weighted by Gasteiger charge is -2.44. The Morgan fingerprint density at radius 1 is 1.16 bits per heavy atom. The SMILES string of the molecule is COc1cc(C(=O)O[C@H]2[C@@H]3C[C@@H]4OC[C@@](O)([C@H]3[C@H](O[C@@H]3O[C@H](CO)[C@H](O)[C@H](O)[C@H]3O)O4)[C@@H]2Cl)ccc1O. The summed E-state index contributed by atoms with van der Waals surface area (Å²) in [7, 11) is 1.34. The van der Waals surface area contributed by atoms with E-state index in [1.54, 1.807) is 0 Å². The number of methoxy groups -OCH3 is 1. The van der Waals surface area contributed by atoms with E-state index in [4.69, 9.17) is 40.0 Å². The average Bonchev–Trinajstić information content (AvgIpc) is 3.00. The summed E-state index contributed by atoms with van der Waals surface area (Å²) in [6.07, 6.45) is -10.6. The summed E-state index contributed by atoms with van der Waals surface area (Å²) in [5.74, 6) is -2.32. The number of aliphatic hydroxyl groups excluding tert-OH is 4. The van der Waals surface area contributed by atoms with Crippen LogP contribution in [-0.2, 0) is 23.7 Å². The lowest BCUT2D eigenvalue weighted by atomic mass is 9.83. The average molecular weight is 549 g/mol. The maximum atomic E-state index is 13.0. The van der Waals surface area contributed by atoms with E-state index in [1.165, 1.54) is 25.3 Å². The minimum Gasteiger partial charge on any atom is -0.504 e. The molecule has 0 unspecified atom stereocenters. The number of aliphatic hydroxyl groups is 5. The fourth-order valence-electron chi connectivity index (χ4n) is 5.57. The number of fused-ring (bicyclic) bond motifs is 2. The second kappa shape index (κ2) is 10.1. The van der Waals surface area contributed by atoms with E-state index in [0.29, 0.717) is 0 Å². The first-order chi connectivity index (χ1) is 17.6. The summed E-state index contributed by atoms with van der Waals surface area (Å²) in [4.78, 5) is 13.0.